The molecule has 0 amide bonds. The minimum absolute atomic E-state index is 0.0446. The Balaban J connectivity index is 2.24. The molecular formula is C24H32N2O3. The normalized spacial score (nSPS) is 21.7. The first-order chi connectivity index (χ1) is 13.7. The molecule has 1 aliphatic heterocycles. The van der Waals surface area contributed by atoms with Gasteiger partial charge in [0.05, 0.1) is 24.0 Å². The van der Waals surface area contributed by atoms with Crippen LogP contribution < -0.4 is 5.43 Å². The summed E-state index contributed by atoms with van der Waals surface area (Å²) in [5.74, 6) is -0.553. The molecule has 5 nitrogen and oxygen atoms in total. The molecule has 0 fully saturated rings. The topological polar surface area (TPSA) is 51.5 Å². The first-order valence-electron chi connectivity index (χ1n) is 10.4. The quantitative estimate of drug-likeness (QED) is 0.703. The Hall–Kier alpha value is -2.56. The highest BCUT2D eigenvalue weighted by atomic mass is 16.5. The predicted octanol–water partition coefficient (Wildman–Crippen LogP) is 4.57. The van der Waals surface area contributed by atoms with Crippen molar-refractivity contribution in [2.45, 2.75) is 53.5 Å². The lowest BCUT2D eigenvalue weighted by atomic mass is 9.83. The van der Waals surface area contributed by atoms with Gasteiger partial charge in [-0.3, -0.25) is 4.79 Å². The number of aromatic nitrogens is 1. The highest BCUT2D eigenvalue weighted by molar-refractivity contribution is 5.89. The molecule has 1 unspecified atom stereocenters. The van der Waals surface area contributed by atoms with Gasteiger partial charge in [-0.1, -0.05) is 51.5 Å². The number of carbonyl (C=O) groups excluding carboxylic acids is 1. The number of rotatable bonds is 3. The van der Waals surface area contributed by atoms with Crippen LogP contribution in [-0.2, 0) is 4.74 Å². The molecule has 0 N–H and O–H groups in total. The molecule has 0 spiro atoms. The number of hydrogen-bond acceptors (Lipinski definition) is 4. The average Bonchev–Trinajstić information content (AvgIpc) is 2.66. The van der Waals surface area contributed by atoms with Crippen molar-refractivity contribution >= 4 is 11.7 Å². The molecule has 1 aromatic rings. The molecule has 3 rings (SSSR count). The fourth-order valence-corrected chi connectivity index (χ4v) is 4.16. The second-order valence-electron chi connectivity index (χ2n) is 8.91. The standard InChI is InChI=1S/C24H32N2O3/c1-7-16-10-9-11-17(12-16)22-19-13-20(27)18(23(28)29-8-2)14-26(19)21(15-25(22)6)24(3,4)5/h9-11,13-14,21H,7-8,12,15H2,1-6H3/b22-17-. The van der Waals surface area contributed by atoms with Crippen molar-refractivity contribution in [1.82, 2.24) is 9.47 Å². The Morgan fingerprint density at radius 2 is 2.00 bits per heavy atom. The Labute approximate surface area is 173 Å². The van der Waals surface area contributed by atoms with Crippen molar-refractivity contribution < 1.29 is 9.53 Å². The van der Waals surface area contributed by atoms with Crippen LogP contribution in [0.3, 0.4) is 0 Å². The molecule has 1 aliphatic carbocycles. The summed E-state index contributed by atoms with van der Waals surface area (Å²) in [7, 11) is 2.09. The smallest absolute Gasteiger partial charge is 0.343 e. The molecular weight excluding hydrogens is 364 g/mol. The first kappa shape index (κ1) is 21.2. The maximum absolute atomic E-state index is 12.8. The molecule has 0 saturated heterocycles. The van der Waals surface area contributed by atoms with E-state index in [-0.39, 0.29) is 29.1 Å². The zero-order chi connectivity index (χ0) is 21.3. The molecule has 2 heterocycles. The van der Waals surface area contributed by atoms with Crippen molar-refractivity contribution in [3.05, 3.63) is 63.1 Å². The van der Waals surface area contributed by atoms with Crippen LogP contribution in [0.4, 0.5) is 0 Å². The molecule has 1 atom stereocenters. The van der Waals surface area contributed by atoms with Crippen LogP contribution in [0.15, 0.2) is 46.4 Å². The fraction of sp³-hybridized carbons (Fsp3) is 0.500. The van der Waals surface area contributed by atoms with E-state index in [2.05, 4.69) is 62.4 Å². The molecule has 0 radical (unpaired) electrons. The largest absolute Gasteiger partial charge is 0.462 e. The van der Waals surface area contributed by atoms with Crippen LogP contribution in [0.5, 0.6) is 0 Å². The Kier molecular flexibility index (Phi) is 5.87. The van der Waals surface area contributed by atoms with E-state index in [9.17, 15) is 9.59 Å². The van der Waals surface area contributed by atoms with E-state index >= 15 is 0 Å². The summed E-state index contributed by atoms with van der Waals surface area (Å²) in [4.78, 5) is 27.5. The lowest BCUT2D eigenvalue weighted by molar-refractivity contribution is 0.0522. The van der Waals surface area contributed by atoms with E-state index in [4.69, 9.17) is 4.74 Å². The average molecular weight is 397 g/mol. The van der Waals surface area contributed by atoms with E-state index in [0.29, 0.717) is 0 Å². The summed E-state index contributed by atoms with van der Waals surface area (Å²) >= 11 is 0. The Morgan fingerprint density at radius 3 is 2.62 bits per heavy atom. The van der Waals surface area contributed by atoms with Gasteiger partial charge in [0.15, 0.2) is 5.43 Å². The summed E-state index contributed by atoms with van der Waals surface area (Å²) in [6, 6.07) is 1.73. The van der Waals surface area contributed by atoms with Crippen LogP contribution in [0.25, 0.3) is 5.70 Å². The highest BCUT2D eigenvalue weighted by Crippen LogP contribution is 2.41. The van der Waals surface area contributed by atoms with E-state index in [1.165, 1.54) is 11.1 Å². The number of allylic oxidation sites excluding steroid dienone is 5. The Bertz CT molecular complexity index is 957. The Morgan fingerprint density at radius 1 is 1.28 bits per heavy atom. The van der Waals surface area contributed by atoms with Gasteiger partial charge in [-0.2, -0.15) is 0 Å². The second-order valence-corrected chi connectivity index (χ2v) is 8.91. The molecule has 1 aromatic heterocycles. The van der Waals surface area contributed by atoms with Gasteiger partial charge in [-0.15, -0.1) is 0 Å². The van der Waals surface area contributed by atoms with E-state index in [1.54, 1.807) is 19.2 Å². The van der Waals surface area contributed by atoms with Gasteiger partial charge in [0.2, 0.25) is 0 Å². The lowest BCUT2D eigenvalue weighted by Crippen LogP contribution is -2.42. The SMILES string of the molecule is CCOC(=O)c1cn2c(cc1=O)/C(=C1\C=CC=C(CC)C1)N(C)CC2C(C)(C)C. The van der Waals surface area contributed by atoms with Gasteiger partial charge in [-0.25, -0.2) is 4.79 Å². The van der Waals surface area contributed by atoms with Gasteiger partial charge < -0.3 is 14.2 Å². The number of pyridine rings is 1. The van der Waals surface area contributed by atoms with Crippen molar-refractivity contribution in [2.24, 2.45) is 5.41 Å². The van der Waals surface area contributed by atoms with E-state index in [0.717, 1.165) is 30.8 Å². The minimum atomic E-state index is -0.553. The highest BCUT2D eigenvalue weighted by Gasteiger charge is 2.36. The zero-order valence-corrected chi connectivity index (χ0v) is 18.4. The van der Waals surface area contributed by atoms with Crippen molar-refractivity contribution in [3.63, 3.8) is 0 Å². The number of likely N-dealkylation sites (N-methyl/N-ethyl adjacent to an activating group) is 1. The summed E-state index contributed by atoms with van der Waals surface area (Å²) in [5, 5.41) is 0. The van der Waals surface area contributed by atoms with Crippen LogP contribution in [0.2, 0.25) is 0 Å². The fourth-order valence-electron chi connectivity index (χ4n) is 4.16. The van der Waals surface area contributed by atoms with Gasteiger partial charge in [-0.05, 0) is 30.8 Å². The van der Waals surface area contributed by atoms with Gasteiger partial charge in [0.25, 0.3) is 0 Å². The van der Waals surface area contributed by atoms with Crippen molar-refractivity contribution in [3.8, 4) is 0 Å². The first-order valence-corrected chi connectivity index (χ1v) is 10.4. The third-order valence-electron chi connectivity index (χ3n) is 5.79. The van der Waals surface area contributed by atoms with Crippen molar-refractivity contribution in [2.75, 3.05) is 20.2 Å². The number of carbonyl (C=O) groups is 1. The maximum atomic E-state index is 12.8. The van der Waals surface area contributed by atoms with Crippen LogP contribution in [0.1, 0.15) is 69.6 Å². The minimum Gasteiger partial charge on any atom is -0.462 e. The van der Waals surface area contributed by atoms with Crippen LogP contribution in [-0.4, -0.2) is 35.6 Å². The molecule has 156 valence electrons. The van der Waals surface area contributed by atoms with Gasteiger partial charge in [0.1, 0.15) is 5.56 Å². The number of fused-ring (bicyclic) bond motifs is 1. The van der Waals surface area contributed by atoms with Gasteiger partial charge >= 0.3 is 5.97 Å². The van der Waals surface area contributed by atoms with E-state index < -0.39 is 5.97 Å². The number of hydrogen-bond donors (Lipinski definition) is 0. The van der Waals surface area contributed by atoms with E-state index in [1.807, 2.05) is 0 Å². The molecule has 5 heteroatoms. The summed E-state index contributed by atoms with van der Waals surface area (Å²) in [6.07, 6.45) is 9.98. The van der Waals surface area contributed by atoms with Crippen LogP contribution in [0, 0.1) is 5.41 Å². The third kappa shape index (κ3) is 4.09. The van der Waals surface area contributed by atoms with Crippen molar-refractivity contribution in [1.29, 1.82) is 0 Å². The second kappa shape index (κ2) is 8.05. The van der Waals surface area contributed by atoms with Crippen LogP contribution >= 0.6 is 0 Å². The predicted molar refractivity (Wildman–Crippen MR) is 117 cm³/mol. The monoisotopic (exact) mass is 396 g/mol. The zero-order valence-electron chi connectivity index (χ0n) is 18.4. The summed E-state index contributed by atoms with van der Waals surface area (Å²) < 4.78 is 7.24. The number of ether oxygens (including phenoxy) is 1. The summed E-state index contributed by atoms with van der Waals surface area (Å²) in [6.45, 7) is 11.5. The molecule has 0 bridgehead atoms. The van der Waals surface area contributed by atoms with Gasteiger partial charge in [0, 0.05) is 25.9 Å². The maximum Gasteiger partial charge on any atom is 0.343 e. The molecule has 29 heavy (non-hydrogen) atoms. The molecule has 0 saturated carbocycles. The lowest BCUT2D eigenvalue weighted by Gasteiger charge is -2.44. The number of esters is 1. The summed E-state index contributed by atoms with van der Waals surface area (Å²) in [5.41, 5.74) is 4.28. The molecule has 0 aromatic carbocycles. The number of nitrogens with zero attached hydrogens (tertiary/aromatic N) is 2. The third-order valence-corrected chi connectivity index (χ3v) is 5.79. The molecule has 2 aliphatic rings.